The summed E-state index contributed by atoms with van der Waals surface area (Å²) in [5.41, 5.74) is 0.582. The van der Waals surface area contributed by atoms with Crippen LogP contribution in [0, 0.1) is 0 Å². The van der Waals surface area contributed by atoms with E-state index >= 15 is 0 Å². The lowest BCUT2D eigenvalue weighted by Crippen LogP contribution is -2.17. The molecule has 3 rings (SSSR count). The van der Waals surface area contributed by atoms with Crippen LogP contribution in [0.25, 0.3) is 16.6 Å². The molecule has 0 amide bonds. The monoisotopic (exact) mass is 250 g/mol. The number of hydrogen-bond donors (Lipinski definition) is 2. The summed E-state index contributed by atoms with van der Waals surface area (Å²) in [5.74, 6) is 0.206. The molecule has 7 heteroatoms. The fourth-order valence-corrected chi connectivity index (χ4v) is 1.89. The third kappa shape index (κ3) is 1.49. The molecule has 0 aliphatic rings. The van der Waals surface area contributed by atoms with Gasteiger partial charge in [0, 0.05) is 10.4 Å². The van der Waals surface area contributed by atoms with Crippen LogP contribution in [0.2, 0.25) is 5.02 Å². The Balaban J connectivity index is 2.54. The van der Waals surface area contributed by atoms with Crippen LogP contribution in [0.3, 0.4) is 0 Å². The number of rotatable bonds is 1. The van der Waals surface area contributed by atoms with Crippen LogP contribution in [0.5, 0.6) is 0 Å². The van der Waals surface area contributed by atoms with Crippen molar-refractivity contribution in [2.45, 2.75) is 6.61 Å². The van der Waals surface area contributed by atoms with Crippen LogP contribution < -0.4 is 5.69 Å². The molecule has 0 aliphatic carbocycles. The lowest BCUT2D eigenvalue weighted by molar-refractivity contribution is 0.271. The zero-order valence-corrected chi connectivity index (χ0v) is 9.27. The van der Waals surface area contributed by atoms with Gasteiger partial charge < -0.3 is 10.1 Å². The standard InChI is InChI=1S/C10H7ClN4O2/c11-5-1-2-6-7(3-5)12-10(17)15-9(6)13-8(4-16)14-15/h1-3,16H,4H2,(H,12,17). The Labute approximate surface area is 99.5 Å². The van der Waals surface area contributed by atoms with Gasteiger partial charge in [-0.2, -0.15) is 4.52 Å². The number of nitrogens with zero attached hydrogens (tertiary/aromatic N) is 3. The Morgan fingerprint density at radius 2 is 2.29 bits per heavy atom. The molecular formula is C10H7ClN4O2. The van der Waals surface area contributed by atoms with Crippen molar-refractivity contribution in [2.24, 2.45) is 0 Å². The smallest absolute Gasteiger partial charge is 0.348 e. The van der Waals surface area contributed by atoms with Crippen LogP contribution >= 0.6 is 11.6 Å². The lowest BCUT2D eigenvalue weighted by Gasteiger charge is -1.99. The minimum Gasteiger partial charge on any atom is -0.388 e. The second-order valence-electron chi connectivity index (χ2n) is 3.54. The topological polar surface area (TPSA) is 83.3 Å². The van der Waals surface area contributed by atoms with Crippen molar-refractivity contribution < 1.29 is 5.11 Å². The van der Waals surface area contributed by atoms with Gasteiger partial charge in [-0.05, 0) is 18.2 Å². The molecule has 6 nitrogen and oxygen atoms in total. The van der Waals surface area contributed by atoms with Gasteiger partial charge in [0.15, 0.2) is 11.5 Å². The van der Waals surface area contributed by atoms with Gasteiger partial charge in [-0.1, -0.05) is 11.6 Å². The first-order chi connectivity index (χ1) is 8.19. The van der Waals surface area contributed by atoms with E-state index in [2.05, 4.69) is 15.1 Å². The van der Waals surface area contributed by atoms with Crippen molar-refractivity contribution in [3.8, 4) is 0 Å². The molecular weight excluding hydrogens is 244 g/mol. The number of aromatic amines is 1. The highest BCUT2D eigenvalue weighted by molar-refractivity contribution is 6.31. The molecule has 0 unspecified atom stereocenters. The summed E-state index contributed by atoms with van der Waals surface area (Å²) >= 11 is 5.85. The SMILES string of the molecule is O=c1[nH]c2cc(Cl)ccc2c2nc(CO)nn12. The molecule has 0 radical (unpaired) electrons. The van der Waals surface area contributed by atoms with Crippen LogP contribution in [0.15, 0.2) is 23.0 Å². The number of fused-ring (bicyclic) bond motifs is 3. The van der Waals surface area contributed by atoms with E-state index in [1.54, 1.807) is 18.2 Å². The first-order valence-corrected chi connectivity index (χ1v) is 5.25. The Morgan fingerprint density at radius 1 is 1.47 bits per heavy atom. The molecule has 0 bridgehead atoms. The lowest BCUT2D eigenvalue weighted by atomic mass is 10.2. The number of halogens is 1. The number of aromatic nitrogens is 4. The third-order valence-electron chi connectivity index (χ3n) is 2.45. The van der Waals surface area contributed by atoms with Crippen LogP contribution in [0.1, 0.15) is 5.82 Å². The van der Waals surface area contributed by atoms with Gasteiger partial charge in [-0.25, -0.2) is 9.78 Å². The van der Waals surface area contributed by atoms with E-state index in [9.17, 15) is 4.79 Å². The van der Waals surface area contributed by atoms with E-state index in [0.717, 1.165) is 9.90 Å². The van der Waals surface area contributed by atoms with Gasteiger partial charge in [0.05, 0.1) is 5.52 Å². The average Bonchev–Trinajstić information content (AvgIpc) is 2.73. The largest absolute Gasteiger partial charge is 0.388 e. The molecule has 0 saturated carbocycles. The molecule has 17 heavy (non-hydrogen) atoms. The number of hydrogen-bond acceptors (Lipinski definition) is 4. The molecule has 3 aromatic rings. The van der Waals surface area contributed by atoms with E-state index in [1.165, 1.54) is 0 Å². The van der Waals surface area contributed by atoms with Crippen molar-refractivity contribution >= 4 is 28.2 Å². The van der Waals surface area contributed by atoms with E-state index in [4.69, 9.17) is 16.7 Å². The van der Waals surface area contributed by atoms with Crippen LogP contribution in [0.4, 0.5) is 0 Å². The molecule has 0 fully saturated rings. The Hall–Kier alpha value is -1.92. The minimum atomic E-state index is -0.415. The van der Waals surface area contributed by atoms with Gasteiger partial charge in [-0.3, -0.25) is 0 Å². The van der Waals surface area contributed by atoms with E-state index in [1.807, 2.05) is 0 Å². The molecule has 0 spiro atoms. The summed E-state index contributed by atoms with van der Waals surface area (Å²) < 4.78 is 1.13. The van der Waals surface area contributed by atoms with Crippen LogP contribution in [-0.2, 0) is 6.61 Å². The molecule has 2 aromatic heterocycles. The second kappa shape index (κ2) is 3.54. The van der Waals surface area contributed by atoms with E-state index in [0.29, 0.717) is 16.2 Å². The first kappa shape index (κ1) is 10.2. The van der Waals surface area contributed by atoms with Gasteiger partial charge in [-0.15, -0.1) is 5.10 Å². The summed E-state index contributed by atoms with van der Waals surface area (Å²) in [5, 5.41) is 14.1. The minimum absolute atomic E-state index is 0.206. The van der Waals surface area contributed by atoms with Gasteiger partial charge in [0.2, 0.25) is 0 Å². The quantitative estimate of drug-likeness (QED) is 0.667. The first-order valence-electron chi connectivity index (χ1n) is 4.87. The fraction of sp³-hybridized carbons (Fsp3) is 0.100. The second-order valence-corrected chi connectivity index (χ2v) is 3.98. The van der Waals surface area contributed by atoms with Crippen molar-refractivity contribution in [3.05, 3.63) is 39.5 Å². The Morgan fingerprint density at radius 3 is 3.06 bits per heavy atom. The third-order valence-corrected chi connectivity index (χ3v) is 2.68. The highest BCUT2D eigenvalue weighted by atomic mass is 35.5. The van der Waals surface area contributed by atoms with Crippen LogP contribution in [-0.4, -0.2) is 24.7 Å². The zero-order chi connectivity index (χ0) is 12.0. The number of aliphatic hydroxyl groups is 1. The molecule has 0 atom stereocenters. The number of nitrogens with one attached hydrogen (secondary N) is 1. The number of H-pyrrole nitrogens is 1. The van der Waals surface area contributed by atoms with E-state index in [-0.39, 0.29) is 12.4 Å². The molecule has 0 saturated heterocycles. The summed E-state index contributed by atoms with van der Waals surface area (Å²) in [6.45, 7) is -0.309. The summed E-state index contributed by atoms with van der Waals surface area (Å²) in [6, 6.07) is 5.10. The molecule has 1 aromatic carbocycles. The molecule has 0 aliphatic heterocycles. The highest BCUT2D eigenvalue weighted by Crippen LogP contribution is 2.19. The Kier molecular flexibility index (Phi) is 2.13. The van der Waals surface area contributed by atoms with Crippen molar-refractivity contribution in [3.63, 3.8) is 0 Å². The Bertz CT molecular complexity index is 777. The average molecular weight is 251 g/mol. The highest BCUT2D eigenvalue weighted by Gasteiger charge is 2.10. The zero-order valence-electron chi connectivity index (χ0n) is 8.51. The van der Waals surface area contributed by atoms with E-state index < -0.39 is 5.69 Å². The van der Waals surface area contributed by atoms with Crippen molar-refractivity contribution in [2.75, 3.05) is 0 Å². The number of aliphatic hydroxyl groups excluding tert-OH is 1. The molecule has 2 heterocycles. The molecule has 2 N–H and O–H groups in total. The fourth-order valence-electron chi connectivity index (χ4n) is 1.72. The predicted octanol–water partition coefficient (Wildman–Crippen LogP) is 0.716. The van der Waals surface area contributed by atoms with Crippen molar-refractivity contribution in [1.82, 2.24) is 19.6 Å². The maximum atomic E-state index is 11.7. The number of benzene rings is 1. The maximum Gasteiger partial charge on any atom is 0.348 e. The normalized spacial score (nSPS) is 11.4. The predicted molar refractivity (Wildman–Crippen MR) is 62.0 cm³/mol. The van der Waals surface area contributed by atoms with Crippen molar-refractivity contribution in [1.29, 1.82) is 0 Å². The summed E-state index contributed by atoms with van der Waals surface area (Å²) in [4.78, 5) is 18.5. The van der Waals surface area contributed by atoms with Gasteiger partial charge in [0.25, 0.3) is 0 Å². The van der Waals surface area contributed by atoms with Gasteiger partial charge in [0.1, 0.15) is 6.61 Å². The summed E-state index contributed by atoms with van der Waals surface area (Å²) in [7, 11) is 0. The van der Waals surface area contributed by atoms with Gasteiger partial charge >= 0.3 is 5.69 Å². The maximum absolute atomic E-state index is 11.7. The summed E-state index contributed by atoms with van der Waals surface area (Å²) in [6.07, 6.45) is 0. The molecule has 86 valence electrons.